The molecule has 0 heterocycles. The van der Waals surface area contributed by atoms with Crippen LogP contribution < -0.4 is 0 Å². The van der Waals surface area contributed by atoms with Gasteiger partial charge in [0.15, 0.2) is 0 Å². The molecule has 0 aliphatic heterocycles. The van der Waals surface area contributed by atoms with Crippen molar-refractivity contribution >= 4 is 0 Å². The summed E-state index contributed by atoms with van der Waals surface area (Å²) < 4.78 is 12.9. The number of benzene rings is 1. The predicted molar refractivity (Wildman–Crippen MR) is 47.8 cm³/mol. The Morgan fingerprint density at radius 3 is 3.08 bits per heavy atom. The normalized spacial score (nSPS) is 22.0. The Kier molecular flexibility index (Phi) is 1.87. The number of halogens is 1. The Hall–Kier alpha value is -0.850. The van der Waals surface area contributed by atoms with Gasteiger partial charge in [-0.15, -0.1) is 0 Å². The van der Waals surface area contributed by atoms with Gasteiger partial charge in [0.25, 0.3) is 0 Å². The molecule has 0 bridgehead atoms. The molecule has 64 valence electrons. The van der Waals surface area contributed by atoms with Crippen molar-refractivity contribution in [1.29, 1.82) is 0 Å². The standard InChI is InChI=1S/C11H13F/c1-8-3-2-4-9-5-6-10(12)7-11(8)9/h5-8H,2-4H2,1H3. The predicted octanol–water partition coefficient (Wildman–Crippen LogP) is 3.27. The van der Waals surface area contributed by atoms with Crippen LogP contribution in [-0.2, 0) is 6.42 Å². The smallest absolute Gasteiger partial charge is 0.123 e. The minimum absolute atomic E-state index is 0.0949. The minimum atomic E-state index is -0.0949. The van der Waals surface area contributed by atoms with Crippen LogP contribution in [0.25, 0.3) is 0 Å². The summed E-state index contributed by atoms with van der Waals surface area (Å²) in [5, 5.41) is 0. The zero-order valence-corrected chi connectivity index (χ0v) is 7.31. The highest BCUT2D eigenvalue weighted by Crippen LogP contribution is 2.31. The first kappa shape index (κ1) is 7.78. The Labute approximate surface area is 72.4 Å². The van der Waals surface area contributed by atoms with Crippen molar-refractivity contribution in [1.82, 2.24) is 0 Å². The van der Waals surface area contributed by atoms with Gasteiger partial charge in [0, 0.05) is 0 Å². The summed E-state index contributed by atoms with van der Waals surface area (Å²) in [6.45, 7) is 2.18. The molecule has 1 aliphatic rings. The van der Waals surface area contributed by atoms with E-state index in [0.717, 1.165) is 6.42 Å². The average Bonchev–Trinajstić information content (AvgIpc) is 2.07. The Morgan fingerprint density at radius 2 is 2.25 bits per heavy atom. The third kappa shape index (κ3) is 1.24. The maximum Gasteiger partial charge on any atom is 0.123 e. The van der Waals surface area contributed by atoms with E-state index in [2.05, 4.69) is 6.92 Å². The van der Waals surface area contributed by atoms with Gasteiger partial charge in [-0.05, 0) is 48.4 Å². The van der Waals surface area contributed by atoms with E-state index in [0.29, 0.717) is 5.92 Å². The summed E-state index contributed by atoms with van der Waals surface area (Å²) in [6.07, 6.45) is 3.58. The Balaban J connectivity index is 2.47. The van der Waals surface area contributed by atoms with Crippen LogP contribution in [-0.4, -0.2) is 0 Å². The van der Waals surface area contributed by atoms with Gasteiger partial charge in [-0.25, -0.2) is 4.39 Å². The molecule has 0 spiro atoms. The van der Waals surface area contributed by atoms with Gasteiger partial charge in [-0.1, -0.05) is 13.0 Å². The molecule has 1 heteroatoms. The van der Waals surface area contributed by atoms with E-state index in [9.17, 15) is 4.39 Å². The molecular weight excluding hydrogens is 151 g/mol. The third-order valence-corrected chi connectivity index (χ3v) is 2.72. The molecule has 0 aromatic heterocycles. The maximum atomic E-state index is 12.9. The number of hydrogen-bond donors (Lipinski definition) is 0. The second kappa shape index (κ2) is 2.89. The largest absolute Gasteiger partial charge is 0.207 e. The quantitative estimate of drug-likeness (QED) is 0.552. The van der Waals surface area contributed by atoms with Gasteiger partial charge >= 0.3 is 0 Å². The first-order valence-corrected chi connectivity index (χ1v) is 4.55. The molecule has 0 amide bonds. The number of rotatable bonds is 0. The lowest BCUT2D eigenvalue weighted by molar-refractivity contribution is 0.572. The Bertz CT molecular complexity index is 291. The molecule has 2 rings (SSSR count). The lowest BCUT2D eigenvalue weighted by atomic mass is 9.84. The van der Waals surface area contributed by atoms with Crippen molar-refractivity contribution in [3.63, 3.8) is 0 Å². The number of hydrogen-bond acceptors (Lipinski definition) is 0. The van der Waals surface area contributed by atoms with Gasteiger partial charge in [0.1, 0.15) is 5.82 Å². The van der Waals surface area contributed by atoms with E-state index in [-0.39, 0.29) is 5.82 Å². The molecule has 0 saturated carbocycles. The highest BCUT2D eigenvalue weighted by Gasteiger charge is 2.16. The fourth-order valence-electron chi connectivity index (χ4n) is 2.01. The van der Waals surface area contributed by atoms with Gasteiger partial charge in [0.05, 0.1) is 0 Å². The molecule has 1 aromatic rings. The van der Waals surface area contributed by atoms with E-state index in [1.165, 1.54) is 24.0 Å². The molecule has 1 aromatic carbocycles. The van der Waals surface area contributed by atoms with Crippen molar-refractivity contribution in [2.75, 3.05) is 0 Å². The highest BCUT2D eigenvalue weighted by atomic mass is 19.1. The average molecular weight is 164 g/mol. The van der Waals surface area contributed by atoms with Gasteiger partial charge < -0.3 is 0 Å². The topological polar surface area (TPSA) is 0 Å². The van der Waals surface area contributed by atoms with E-state index >= 15 is 0 Å². The second-order valence-electron chi connectivity index (χ2n) is 3.64. The van der Waals surface area contributed by atoms with E-state index in [4.69, 9.17) is 0 Å². The summed E-state index contributed by atoms with van der Waals surface area (Å²) in [6, 6.07) is 5.19. The minimum Gasteiger partial charge on any atom is -0.207 e. The van der Waals surface area contributed by atoms with E-state index in [1.54, 1.807) is 12.1 Å². The van der Waals surface area contributed by atoms with Crippen LogP contribution in [0.2, 0.25) is 0 Å². The van der Waals surface area contributed by atoms with Crippen LogP contribution in [0, 0.1) is 5.82 Å². The molecule has 0 radical (unpaired) electrons. The van der Waals surface area contributed by atoms with Crippen molar-refractivity contribution in [2.45, 2.75) is 32.1 Å². The monoisotopic (exact) mass is 164 g/mol. The highest BCUT2D eigenvalue weighted by molar-refractivity contribution is 5.32. The molecule has 1 unspecified atom stereocenters. The maximum absolute atomic E-state index is 12.9. The zero-order valence-electron chi connectivity index (χ0n) is 7.31. The van der Waals surface area contributed by atoms with Crippen LogP contribution in [0.1, 0.15) is 36.8 Å². The SMILES string of the molecule is CC1CCCc2ccc(F)cc21. The number of fused-ring (bicyclic) bond motifs is 1. The molecule has 0 fully saturated rings. The summed E-state index contributed by atoms with van der Waals surface area (Å²) in [5.74, 6) is 0.451. The molecule has 0 N–H and O–H groups in total. The summed E-state index contributed by atoms with van der Waals surface area (Å²) in [7, 11) is 0. The molecular formula is C11H13F. The van der Waals surface area contributed by atoms with E-state index in [1.807, 2.05) is 6.07 Å². The fourth-order valence-corrected chi connectivity index (χ4v) is 2.01. The van der Waals surface area contributed by atoms with Crippen LogP contribution in [0.4, 0.5) is 4.39 Å². The lowest BCUT2D eigenvalue weighted by Crippen LogP contribution is -2.06. The van der Waals surface area contributed by atoms with Gasteiger partial charge in [-0.3, -0.25) is 0 Å². The molecule has 1 atom stereocenters. The van der Waals surface area contributed by atoms with Crippen molar-refractivity contribution in [2.24, 2.45) is 0 Å². The summed E-state index contributed by atoms with van der Waals surface area (Å²) in [4.78, 5) is 0. The summed E-state index contributed by atoms with van der Waals surface area (Å²) in [5.41, 5.74) is 2.57. The molecule has 0 nitrogen and oxygen atoms in total. The lowest BCUT2D eigenvalue weighted by Gasteiger charge is -2.21. The molecule has 1 aliphatic carbocycles. The number of aryl methyl sites for hydroxylation is 1. The van der Waals surface area contributed by atoms with Crippen molar-refractivity contribution < 1.29 is 4.39 Å². The van der Waals surface area contributed by atoms with Crippen molar-refractivity contribution in [3.8, 4) is 0 Å². The van der Waals surface area contributed by atoms with Crippen LogP contribution in [0.15, 0.2) is 18.2 Å². The van der Waals surface area contributed by atoms with Crippen molar-refractivity contribution in [3.05, 3.63) is 35.1 Å². The first-order chi connectivity index (χ1) is 5.77. The van der Waals surface area contributed by atoms with Crippen LogP contribution in [0.3, 0.4) is 0 Å². The Morgan fingerprint density at radius 1 is 1.42 bits per heavy atom. The molecule has 12 heavy (non-hydrogen) atoms. The third-order valence-electron chi connectivity index (χ3n) is 2.72. The second-order valence-corrected chi connectivity index (χ2v) is 3.64. The van der Waals surface area contributed by atoms with Crippen LogP contribution >= 0.6 is 0 Å². The zero-order chi connectivity index (χ0) is 8.55. The summed E-state index contributed by atoms with van der Waals surface area (Å²) >= 11 is 0. The fraction of sp³-hybridized carbons (Fsp3) is 0.455. The van der Waals surface area contributed by atoms with Gasteiger partial charge in [-0.2, -0.15) is 0 Å². The molecule has 0 saturated heterocycles. The van der Waals surface area contributed by atoms with Crippen LogP contribution in [0.5, 0.6) is 0 Å². The van der Waals surface area contributed by atoms with E-state index < -0.39 is 0 Å². The van der Waals surface area contributed by atoms with Gasteiger partial charge in [0.2, 0.25) is 0 Å². The first-order valence-electron chi connectivity index (χ1n) is 4.55.